The number of carbonyl (C=O) groups is 1. The van der Waals surface area contributed by atoms with Crippen LogP contribution in [0.1, 0.15) is 22.6 Å². The molecule has 0 spiro atoms. The number of carbonyl (C=O) groups excluding carboxylic acids is 1. The van der Waals surface area contributed by atoms with Gasteiger partial charge in [0.2, 0.25) is 5.91 Å². The van der Waals surface area contributed by atoms with Crippen LogP contribution < -0.4 is 11.1 Å². The smallest absolute Gasteiger partial charge is 0.228 e. The molecule has 1 aliphatic heterocycles. The van der Waals surface area contributed by atoms with Crippen LogP contribution in [-0.4, -0.2) is 17.4 Å². The van der Waals surface area contributed by atoms with E-state index in [2.05, 4.69) is 16.4 Å². The van der Waals surface area contributed by atoms with E-state index in [1.807, 2.05) is 30.6 Å². The first-order chi connectivity index (χ1) is 8.78. The number of hydrogen-bond donors (Lipinski definition) is 3. The minimum Gasteiger partial charge on any atom is -0.367 e. The van der Waals surface area contributed by atoms with Gasteiger partial charge in [-0.2, -0.15) is 0 Å². The van der Waals surface area contributed by atoms with Crippen LogP contribution in [0.15, 0.2) is 36.7 Å². The largest absolute Gasteiger partial charge is 0.367 e. The average Bonchev–Trinajstić information content (AvgIpc) is 2.97. The molecule has 3 rings (SSSR count). The summed E-state index contributed by atoms with van der Waals surface area (Å²) in [6, 6.07) is 8.12. The number of amides is 1. The summed E-state index contributed by atoms with van der Waals surface area (Å²) in [7, 11) is 0. The van der Waals surface area contributed by atoms with Crippen molar-refractivity contribution in [2.24, 2.45) is 5.73 Å². The van der Waals surface area contributed by atoms with Gasteiger partial charge in [-0.05, 0) is 28.8 Å². The van der Waals surface area contributed by atoms with E-state index in [0.29, 0.717) is 13.0 Å². The maximum absolute atomic E-state index is 11.3. The van der Waals surface area contributed by atoms with Crippen LogP contribution in [0.3, 0.4) is 0 Å². The van der Waals surface area contributed by atoms with E-state index in [1.165, 1.54) is 5.56 Å². The van der Waals surface area contributed by atoms with Crippen LogP contribution in [0.5, 0.6) is 0 Å². The van der Waals surface area contributed by atoms with Gasteiger partial charge >= 0.3 is 0 Å². The molecule has 0 radical (unpaired) electrons. The minimum absolute atomic E-state index is 0.0630. The lowest BCUT2D eigenvalue weighted by Crippen LogP contribution is -2.13. The Morgan fingerprint density at radius 2 is 2.17 bits per heavy atom. The molecule has 1 aromatic heterocycles. The van der Waals surface area contributed by atoms with E-state index in [9.17, 15) is 4.79 Å². The first-order valence-corrected chi connectivity index (χ1v) is 6.03. The normalized spacial score (nSPS) is 15.3. The van der Waals surface area contributed by atoms with Gasteiger partial charge in [-0.15, -0.1) is 0 Å². The maximum atomic E-state index is 11.3. The zero-order valence-electron chi connectivity index (χ0n) is 9.94. The number of nitrogens with two attached hydrogens (primary N) is 1. The van der Waals surface area contributed by atoms with E-state index in [1.54, 1.807) is 0 Å². The highest BCUT2D eigenvalue weighted by Crippen LogP contribution is 2.29. The topological polar surface area (TPSA) is 70.9 Å². The van der Waals surface area contributed by atoms with Crippen molar-refractivity contribution < 1.29 is 4.79 Å². The minimum atomic E-state index is 0.0630. The molecular formula is C14H15N3O. The third kappa shape index (κ3) is 1.80. The molecule has 0 bridgehead atoms. The first kappa shape index (κ1) is 11.0. The SMILES string of the molecule is NCC(c1cc[nH]c1)c1ccc2c(c1)CC(=O)N2. The zero-order valence-corrected chi connectivity index (χ0v) is 9.94. The van der Waals surface area contributed by atoms with Crippen molar-refractivity contribution in [3.8, 4) is 0 Å². The quantitative estimate of drug-likeness (QED) is 0.763. The molecule has 1 aliphatic rings. The van der Waals surface area contributed by atoms with Crippen LogP contribution >= 0.6 is 0 Å². The number of nitrogens with one attached hydrogen (secondary N) is 2. The number of fused-ring (bicyclic) bond motifs is 1. The second-order valence-corrected chi connectivity index (χ2v) is 4.57. The van der Waals surface area contributed by atoms with E-state index >= 15 is 0 Å². The number of aromatic amines is 1. The monoisotopic (exact) mass is 241 g/mol. The highest BCUT2D eigenvalue weighted by atomic mass is 16.1. The summed E-state index contributed by atoms with van der Waals surface area (Å²) in [6.45, 7) is 0.554. The molecule has 4 nitrogen and oxygen atoms in total. The van der Waals surface area contributed by atoms with Crippen LogP contribution in [0.25, 0.3) is 0 Å². The van der Waals surface area contributed by atoms with E-state index < -0.39 is 0 Å². The van der Waals surface area contributed by atoms with E-state index in [4.69, 9.17) is 5.73 Å². The Hall–Kier alpha value is -2.07. The molecule has 4 heteroatoms. The van der Waals surface area contributed by atoms with Crippen LogP contribution in [0, 0.1) is 0 Å². The standard InChI is InChI=1S/C14H15N3O/c15-7-12(10-3-4-16-8-10)9-1-2-13-11(5-9)6-14(18)17-13/h1-5,8,12,16H,6-7,15H2,(H,17,18). The lowest BCUT2D eigenvalue weighted by Gasteiger charge is -2.15. The Labute approximate surface area is 105 Å². The van der Waals surface area contributed by atoms with E-state index in [-0.39, 0.29) is 11.8 Å². The Balaban J connectivity index is 1.97. The van der Waals surface area contributed by atoms with Gasteiger partial charge in [0, 0.05) is 30.5 Å². The number of rotatable bonds is 3. The van der Waals surface area contributed by atoms with Crippen molar-refractivity contribution in [3.05, 3.63) is 53.3 Å². The van der Waals surface area contributed by atoms with Crippen molar-refractivity contribution in [1.82, 2.24) is 4.98 Å². The number of hydrogen-bond acceptors (Lipinski definition) is 2. The molecule has 1 atom stereocenters. The molecule has 92 valence electrons. The number of anilines is 1. The van der Waals surface area contributed by atoms with Gasteiger partial charge in [-0.1, -0.05) is 12.1 Å². The third-order valence-corrected chi connectivity index (χ3v) is 3.42. The number of H-pyrrole nitrogens is 1. The molecule has 1 unspecified atom stereocenters. The third-order valence-electron chi connectivity index (χ3n) is 3.42. The fraction of sp³-hybridized carbons (Fsp3) is 0.214. The van der Waals surface area contributed by atoms with Gasteiger partial charge in [-0.3, -0.25) is 4.79 Å². The van der Waals surface area contributed by atoms with Gasteiger partial charge in [0.15, 0.2) is 0 Å². The van der Waals surface area contributed by atoms with Crippen LogP contribution in [0.4, 0.5) is 5.69 Å². The summed E-state index contributed by atoms with van der Waals surface area (Å²) in [5, 5.41) is 2.84. The molecule has 1 aromatic carbocycles. The first-order valence-electron chi connectivity index (χ1n) is 6.03. The van der Waals surface area contributed by atoms with E-state index in [0.717, 1.165) is 16.8 Å². The molecule has 0 fully saturated rings. The lowest BCUT2D eigenvalue weighted by atomic mass is 9.91. The lowest BCUT2D eigenvalue weighted by molar-refractivity contribution is -0.115. The average molecular weight is 241 g/mol. The summed E-state index contributed by atoms with van der Waals surface area (Å²) < 4.78 is 0. The van der Waals surface area contributed by atoms with Crippen molar-refractivity contribution in [2.45, 2.75) is 12.3 Å². The fourth-order valence-corrected chi connectivity index (χ4v) is 2.48. The summed E-state index contributed by atoms with van der Waals surface area (Å²) in [6.07, 6.45) is 4.33. The second kappa shape index (κ2) is 4.31. The highest BCUT2D eigenvalue weighted by Gasteiger charge is 2.20. The van der Waals surface area contributed by atoms with Crippen molar-refractivity contribution in [2.75, 3.05) is 11.9 Å². The number of benzene rings is 1. The van der Waals surface area contributed by atoms with Gasteiger partial charge in [0.25, 0.3) is 0 Å². The molecule has 2 aromatic rings. The Morgan fingerprint density at radius 3 is 2.89 bits per heavy atom. The number of aromatic nitrogens is 1. The molecule has 0 saturated carbocycles. The molecule has 0 aliphatic carbocycles. The van der Waals surface area contributed by atoms with Gasteiger partial charge < -0.3 is 16.0 Å². The molecular weight excluding hydrogens is 226 g/mol. The second-order valence-electron chi connectivity index (χ2n) is 4.57. The Kier molecular flexibility index (Phi) is 2.64. The molecule has 4 N–H and O–H groups in total. The van der Waals surface area contributed by atoms with Gasteiger partial charge in [0.05, 0.1) is 6.42 Å². The highest BCUT2D eigenvalue weighted by molar-refractivity contribution is 5.99. The predicted octanol–water partition coefficient (Wildman–Crippen LogP) is 1.60. The predicted molar refractivity (Wildman–Crippen MR) is 70.5 cm³/mol. The Bertz CT molecular complexity index is 575. The maximum Gasteiger partial charge on any atom is 0.228 e. The molecule has 18 heavy (non-hydrogen) atoms. The van der Waals surface area contributed by atoms with Crippen molar-refractivity contribution in [1.29, 1.82) is 0 Å². The summed E-state index contributed by atoms with van der Waals surface area (Å²) in [5.74, 6) is 0.241. The van der Waals surface area contributed by atoms with Crippen LogP contribution in [-0.2, 0) is 11.2 Å². The van der Waals surface area contributed by atoms with Crippen molar-refractivity contribution >= 4 is 11.6 Å². The summed E-state index contributed by atoms with van der Waals surface area (Å²) in [4.78, 5) is 14.4. The fourth-order valence-electron chi connectivity index (χ4n) is 2.48. The van der Waals surface area contributed by atoms with Crippen molar-refractivity contribution in [3.63, 3.8) is 0 Å². The van der Waals surface area contributed by atoms with Crippen LogP contribution in [0.2, 0.25) is 0 Å². The zero-order chi connectivity index (χ0) is 12.5. The Morgan fingerprint density at radius 1 is 1.28 bits per heavy atom. The molecule has 0 saturated heterocycles. The molecule has 2 heterocycles. The summed E-state index contributed by atoms with van der Waals surface area (Å²) in [5.41, 5.74) is 10.2. The molecule has 1 amide bonds. The van der Waals surface area contributed by atoms with Gasteiger partial charge in [-0.25, -0.2) is 0 Å². The summed E-state index contributed by atoms with van der Waals surface area (Å²) >= 11 is 0. The van der Waals surface area contributed by atoms with Gasteiger partial charge in [0.1, 0.15) is 0 Å².